The van der Waals surface area contributed by atoms with E-state index in [-0.39, 0.29) is 19.2 Å². The van der Waals surface area contributed by atoms with Crippen molar-refractivity contribution < 1.29 is 24.5 Å². The van der Waals surface area contributed by atoms with Gasteiger partial charge in [-0.1, -0.05) is 114 Å². The lowest BCUT2D eigenvalue weighted by Crippen LogP contribution is -2.32. The maximum atomic E-state index is 12.0. The number of esters is 1. The van der Waals surface area contributed by atoms with E-state index >= 15 is 0 Å². The predicted octanol–water partition coefficient (Wildman–Crippen LogP) is 11.4. The Hall–Kier alpha value is -3.41. The van der Waals surface area contributed by atoms with Crippen molar-refractivity contribution in [2.75, 3.05) is 26.4 Å². The number of unbranched alkanes of at least 4 members (excludes halogenated alkanes) is 3. The van der Waals surface area contributed by atoms with E-state index in [0.29, 0.717) is 44.0 Å². The Morgan fingerprint density at radius 2 is 1.44 bits per heavy atom. The summed E-state index contributed by atoms with van der Waals surface area (Å²) in [7, 11) is 0. The van der Waals surface area contributed by atoms with E-state index in [1.165, 1.54) is 79.2 Å². The zero-order valence-electron chi connectivity index (χ0n) is 32.7. The van der Waals surface area contributed by atoms with Crippen LogP contribution in [0.15, 0.2) is 72.8 Å². The summed E-state index contributed by atoms with van der Waals surface area (Å²) in [4.78, 5) is 12.0. The first-order valence-corrected chi connectivity index (χ1v) is 20.3. The fourth-order valence-electron chi connectivity index (χ4n) is 7.82. The van der Waals surface area contributed by atoms with Crippen LogP contribution in [0.5, 0.6) is 5.75 Å². The van der Waals surface area contributed by atoms with E-state index in [0.717, 1.165) is 48.5 Å². The van der Waals surface area contributed by atoms with Crippen LogP contribution >= 0.6 is 0 Å². The molecule has 4 rings (SSSR count). The highest BCUT2D eigenvalue weighted by Crippen LogP contribution is 2.39. The van der Waals surface area contributed by atoms with Crippen molar-refractivity contribution in [2.45, 2.75) is 130 Å². The second-order valence-electron chi connectivity index (χ2n) is 15.4. The Morgan fingerprint density at radius 1 is 0.769 bits per heavy atom. The van der Waals surface area contributed by atoms with Crippen LogP contribution in [0.25, 0.3) is 22.3 Å². The molecule has 1 fully saturated rings. The molecule has 0 bridgehead atoms. The molecule has 0 radical (unpaired) electrons. The number of benzene rings is 3. The van der Waals surface area contributed by atoms with Crippen molar-refractivity contribution in [3.8, 4) is 28.0 Å². The molecule has 0 heterocycles. The van der Waals surface area contributed by atoms with Crippen molar-refractivity contribution >= 4 is 5.97 Å². The van der Waals surface area contributed by atoms with E-state index in [1.54, 1.807) is 6.92 Å². The van der Waals surface area contributed by atoms with Gasteiger partial charge in [0, 0.05) is 11.0 Å². The van der Waals surface area contributed by atoms with Crippen molar-refractivity contribution in [3.63, 3.8) is 0 Å². The van der Waals surface area contributed by atoms with Crippen molar-refractivity contribution in [2.24, 2.45) is 11.3 Å². The van der Waals surface area contributed by atoms with Crippen molar-refractivity contribution in [1.29, 1.82) is 0 Å². The molecule has 3 aromatic carbocycles. The highest BCUT2D eigenvalue weighted by atomic mass is 16.5. The van der Waals surface area contributed by atoms with Crippen LogP contribution < -0.4 is 4.74 Å². The Labute approximate surface area is 314 Å². The molecule has 2 N–H and O–H groups in total. The molecule has 0 spiro atoms. The van der Waals surface area contributed by atoms with Gasteiger partial charge in [-0.2, -0.15) is 0 Å². The van der Waals surface area contributed by atoms with Crippen LogP contribution in [0, 0.1) is 11.3 Å². The lowest BCUT2D eigenvalue weighted by atomic mass is 9.77. The molecule has 0 amide bonds. The normalized spacial score (nSPS) is 16.1. The molecule has 284 valence electrons. The van der Waals surface area contributed by atoms with Gasteiger partial charge < -0.3 is 19.7 Å². The van der Waals surface area contributed by atoms with Gasteiger partial charge in [-0.25, -0.2) is 4.79 Å². The molecular formula is C47H66O5. The van der Waals surface area contributed by atoms with Crippen LogP contribution in [-0.2, 0) is 22.4 Å². The van der Waals surface area contributed by atoms with Gasteiger partial charge in [0.05, 0.1) is 26.4 Å². The average Bonchev–Trinajstić information content (AvgIpc) is 3.18. The van der Waals surface area contributed by atoms with Gasteiger partial charge in [-0.05, 0) is 128 Å². The van der Waals surface area contributed by atoms with Crippen LogP contribution in [0.2, 0.25) is 0 Å². The highest BCUT2D eigenvalue weighted by molar-refractivity contribution is 5.86. The SMILES string of the molecule is C=C(C)C(=O)OCCCc1cc(-c2ccc(-c3ccc(C4CCC(CCCCC)CC4)cc3)cc2CC)ccc1OCCC(CO)(CO)CCCC. The van der Waals surface area contributed by atoms with Crippen LogP contribution in [0.3, 0.4) is 0 Å². The summed E-state index contributed by atoms with van der Waals surface area (Å²) in [6.07, 6.45) is 16.4. The summed E-state index contributed by atoms with van der Waals surface area (Å²) in [5, 5.41) is 20.3. The first-order valence-electron chi connectivity index (χ1n) is 20.3. The Bertz CT molecular complexity index is 1530. The number of aliphatic hydroxyl groups excluding tert-OH is 2. The smallest absolute Gasteiger partial charge is 0.333 e. The van der Waals surface area contributed by atoms with E-state index in [9.17, 15) is 15.0 Å². The Balaban J connectivity index is 1.49. The molecule has 5 nitrogen and oxygen atoms in total. The van der Waals surface area contributed by atoms with Crippen LogP contribution in [0.1, 0.15) is 134 Å². The van der Waals surface area contributed by atoms with Gasteiger partial charge in [0.2, 0.25) is 0 Å². The molecule has 0 unspecified atom stereocenters. The third-order valence-corrected chi connectivity index (χ3v) is 11.4. The lowest BCUT2D eigenvalue weighted by molar-refractivity contribution is -0.139. The number of aliphatic hydroxyl groups is 2. The molecule has 1 aliphatic rings. The molecule has 3 aromatic rings. The number of hydrogen-bond acceptors (Lipinski definition) is 5. The number of carbonyl (C=O) groups excluding carboxylic acids is 1. The Morgan fingerprint density at radius 3 is 2.10 bits per heavy atom. The maximum Gasteiger partial charge on any atom is 0.333 e. The highest BCUT2D eigenvalue weighted by Gasteiger charge is 2.28. The largest absolute Gasteiger partial charge is 0.493 e. The number of rotatable bonds is 22. The average molecular weight is 711 g/mol. The quantitative estimate of drug-likeness (QED) is 0.0617. The molecule has 1 aliphatic carbocycles. The fourth-order valence-corrected chi connectivity index (χ4v) is 7.82. The minimum absolute atomic E-state index is 0.0627. The molecule has 0 aliphatic heterocycles. The molecule has 52 heavy (non-hydrogen) atoms. The summed E-state index contributed by atoms with van der Waals surface area (Å²) in [6.45, 7) is 12.5. The van der Waals surface area contributed by atoms with E-state index in [4.69, 9.17) is 9.47 Å². The van der Waals surface area contributed by atoms with Crippen LogP contribution in [0.4, 0.5) is 0 Å². The number of aryl methyl sites for hydroxylation is 2. The number of carbonyl (C=O) groups is 1. The first-order chi connectivity index (χ1) is 25.3. The Kier molecular flexibility index (Phi) is 17.0. The van der Waals surface area contributed by atoms with Gasteiger partial charge in [0.1, 0.15) is 5.75 Å². The monoisotopic (exact) mass is 710 g/mol. The summed E-state index contributed by atoms with van der Waals surface area (Å²) < 4.78 is 11.7. The molecule has 0 atom stereocenters. The van der Waals surface area contributed by atoms with E-state index in [2.05, 4.69) is 81.9 Å². The van der Waals surface area contributed by atoms with Crippen LogP contribution in [-0.4, -0.2) is 42.6 Å². The second-order valence-corrected chi connectivity index (χ2v) is 15.4. The minimum atomic E-state index is -0.544. The zero-order chi connectivity index (χ0) is 37.3. The first kappa shape index (κ1) is 41.3. The predicted molar refractivity (Wildman–Crippen MR) is 216 cm³/mol. The summed E-state index contributed by atoms with van der Waals surface area (Å²) in [5.41, 5.74) is 8.53. The maximum absolute atomic E-state index is 12.0. The van der Waals surface area contributed by atoms with Crippen molar-refractivity contribution in [3.05, 3.63) is 89.5 Å². The number of hydrogen-bond donors (Lipinski definition) is 2. The second kappa shape index (κ2) is 21.3. The molecule has 1 saturated carbocycles. The fraction of sp³-hybridized carbons (Fsp3) is 0.553. The van der Waals surface area contributed by atoms with Gasteiger partial charge in [-0.3, -0.25) is 0 Å². The van der Waals surface area contributed by atoms with Crippen molar-refractivity contribution in [1.82, 2.24) is 0 Å². The standard InChI is InChI=1S/C47H66O5/c1-6-9-11-13-36-15-17-38(18-16-36)39-19-21-40(22-20-39)41-23-25-44(37(8-3)31-41)42-24-26-45(43(32-42)14-12-29-52-46(50)35(4)5)51-30-28-47(33-48,34-49)27-10-7-2/h19-26,31-32,36,38,48-49H,4,6-18,27-30,33-34H2,1-3,5H3. The third kappa shape index (κ3) is 11.8. The number of ether oxygens (including phenoxy) is 2. The third-order valence-electron chi connectivity index (χ3n) is 11.4. The summed E-state index contributed by atoms with van der Waals surface area (Å²) >= 11 is 0. The van der Waals surface area contributed by atoms with E-state index < -0.39 is 5.41 Å². The summed E-state index contributed by atoms with van der Waals surface area (Å²) in [6, 6.07) is 22.6. The molecule has 0 saturated heterocycles. The minimum Gasteiger partial charge on any atom is -0.493 e. The van der Waals surface area contributed by atoms with E-state index in [1.807, 2.05) is 6.07 Å². The topological polar surface area (TPSA) is 76.0 Å². The molecule has 0 aromatic heterocycles. The summed E-state index contributed by atoms with van der Waals surface area (Å²) in [5.74, 6) is 2.04. The van der Waals surface area contributed by atoms with Gasteiger partial charge in [0.15, 0.2) is 0 Å². The molecule has 5 heteroatoms. The lowest BCUT2D eigenvalue weighted by Gasteiger charge is -2.30. The molecular weight excluding hydrogens is 645 g/mol. The van der Waals surface area contributed by atoms with Gasteiger partial charge in [-0.15, -0.1) is 0 Å². The zero-order valence-corrected chi connectivity index (χ0v) is 32.7. The van der Waals surface area contributed by atoms with Gasteiger partial charge in [0.25, 0.3) is 0 Å². The van der Waals surface area contributed by atoms with Gasteiger partial charge >= 0.3 is 5.97 Å².